The predicted molar refractivity (Wildman–Crippen MR) is 73.1 cm³/mol. The van der Waals surface area contributed by atoms with Gasteiger partial charge in [-0.05, 0) is 24.3 Å². The molecule has 0 aromatic carbocycles. The maximum absolute atomic E-state index is 5.78. The zero-order valence-corrected chi connectivity index (χ0v) is 10.9. The van der Waals surface area contributed by atoms with E-state index in [0.717, 1.165) is 18.8 Å². The van der Waals surface area contributed by atoms with Crippen molar-refractivity contribution in [1.82, 2.24) is 4.98 Å². The first kappa shape index (κ1) is 12.2. The Kier molecular flexibility index (Phi) is 3.55. The summed E-state index contributed by atoms with van der Waals surface area (Å²) in [6.07, 6.45) is 8.79. The molecule has 1 aliphatic heterocycles. The molecule has 94 valence electrons. The Morgan fingerprint density at radius 2 is 1.88 bits per heavy atom. The van der Waals surface area contributed by atoms with Crippen molar-refractivity contribution >= 4 is 11.4 Å². The van der Waals surface area contributed by atoms with E-state index in [1.54, 1.807) is 6.20 Å². The molecule has 17 heavy (non-hydrogen) atoms. The lowest BCUT2D eigenvalue weighted by atomic mass is 9.74. The van der Waals surface area contributed by atoms with Crippen molar-refractivity contribution in [3.05, 3.63) is 18.5 Å². The van der Waals surface area contributed by atoms with Crippen molar-refractivity contribution in [3.63, 3.8) is 0 Å². The van der Waals surface area contributed by atoms with E-state index in [4.69, 9.17) is 5.73 Å². The van der Waals surface area contributed by atoms with Crippen LogP contribution in [0.3, 0.4) is 0 Å². The fourth-order valence-corrected chi connectivity index (χ4v) is 2.81. The molecular weight excluding hydrogens is 210 g/mol. The Balaban J connectivity index is 2.04. The first-order valence-electron chi connectivity index (χ1n) is 6.64. The van der Waals surface area contributed by atoms with Crippen LogP contribution >= 0.6 is 0 Å². The maximum Gasteiger partial charge on any atom is 0.0573 e. The molecule has 1 fully saturated rings. The smallest absolute Gasteiger partial charge is 0.0573 e. The van der Waals surface area contributed by atoms with Crippen molar-refractivity contribution in [2.75, 3.05) is 23.7 Å². The van der Waals surface area contributed by atoms with Crippen molar-refractivity contribution in [2.24, 2.45) is 5.41 Å². The molecule has 2 rings (SSSR count). The molecule has 0 bridgehead atoms. The van der Waals surface area contributed by atoms with Gasteiger partial charge in [-0.15, -0.1) is 0 Å². The van der Waals surface area contributed by atoms with Crippen LogP contribution in [0.2, 0.25) is 0 Å². The summed E-state index contributed by atoms with van der Waals surface area (Å²) in [5.41, 5.74) is 8.28. The Hall–Kier alpha value is -1.25. The van der Waals surface area contributed by atoms with Gasteiger partial charge in [0.25, 0.3) is 0 Å². The summed E-state index contributed by atoms with van der Waals surface area (Å²) < 4.78 is 0. The minimum absolute atomic E-state index is 0.574. The van der Waals surface area contributed by atoms with Crippen molar-refractivity contribution in [1.29, 1.82) is 0 Å². The van der Waals surface area contributed by atoms with Crippen LogP contribution in [0.4, 0.5) is 11.4 Å². The third kappa shape index (κ3) is 2.54. The van der Waals surface area contributed by atoms with Crippen molar-refractivity contribution < 1.29 is 0 Å². The molecule has 2 N–H and O–H groups in total. The average Bonchev–Trinajstić information content (AvgIpc) is 2.39. The first-order valence-corrected chi connectivity index (χ1v) is 6.64. The summed E-state index contributed by atoms with van der Waals surface area (Å²) in [7, 11) is 0. The van der Waals surface area contributed by atoms with E-state index >= 15 is 0 Å². The number of aromatic nitrogens is 1. The van der Waals surface area contributed by atoms with Crippen LogP contribution in [0.1, 0.15) is 39.5 Å². The van der Waals surface area contributed by atoms with Crippen LogP contribution in [0.25, 0.3) is 0 Å². The first-order chi connectivity index (χ1) is 8.19. The Morgan fingerprint density at radius 1 is 1.24 bits per heavy atom. The lowest BCUT2D eigenvalue weighted by Crippen LogP contribution is -2.39. The van der Waals surface area contributed by atoms with E-state index in [1.165, 1.54) is 31.4 Å². The topological polar surface area (TPSA) is 42.2 Å². The molecule has 0 atom stereocenters. The molecule has 3 heteroatoms. The minimum Gasteiger partial charge on any atom is -0.397 e. The second kappa shape index (κ2) is 4.94. The van der Waals surface area contributed by atoms with Gasteiger partial charge in [-0.1, -0.05) is 26.7 Å². The summed E-state index contributed by atoms with van der Waals surface area (Å²) >= 11 is 0. The molecule has 0 saturated carbocycles. The molecule has 0 amide bonds. The molecule has 2 heterocycles. The van der Waals surface area contributed by atoms with Crippen LogP contribution in [-0.2, 0) is 0 Å². The van der Waals surface area contributed by atoms with Crippen molar-refractivity contribution in [3.8, 4) is 0 Å². The number of nitrogen functional groups attached to an aromatic ring is 1. The van der Waals surface area contributed by atoms with Gasteiger partial charge in [0.2, 0.25) is 0 Å². The predicted octanol–water partition coefficient (Wildman–Crippen LogP) is 3.07. The highest BCUT2D eigenvalue weighted by Crippen LogP contribution is 2.39. The molecule has 1 aromatic rings. The molecule has 3 nitrogen and oxygen atoms in total. The van der Waals surface area contributed by atoms with Crippen molar-refractivity contribution in [2.45, 2.75) is 39.5 Å². The number of pyridine rings is 1. The van der Waals surface area contributed by atoms with Gasteiger partial charge >= 0.3 is 0 Å². The number of hydrogen-bond acceptors (Lipinski definition) is 3. The fraction of sp³-hybridized carbons (Fsp3) is 0.643. The molecule has 0 unspecified atom stereocenters. The number of anilines is 2. The molecule has 0 aliphatic carbocycles. The third-order valence-electron chi connectivity index (χ3n) is 4.43. The Labute approximate surface area is 104 Å². The van der Waals surface area contributed by atoms with E-state index in [1.807, 2.05) is 12.3 Å². The summed E-state index contributed by atoms with van der Waals surface area (Å²) in [4.78, 5) is 6.58. The third-order valence-corrected chi connectivity index (χ3v) is 4.43. The van der Waals surface area contributed by atoms with E-state index in [9.17, 15) is 0 Å². The monoisotopic (exact) mass is 233 g/mol. The SMILES string of the molecule is CCC1(CC)CCN(c2cncc(N)c2)CC1. The summed E-state index contributed by atoms with van der Waals surface area (Å²) in [6, 6.07) is 2.03. The van der Waals surface area contributed by atoms with Gasteiger partial charge < -0.3 is 10.6 Å². The van der Waals surface area contributed by atoms with Gasteiger partial charge in [0.15, 0.2) is 0 Å². The van der Waals surface area contributed by atoms with E-state index < -0.39 is 0 Å². The summed E-state index contributed by atoms with van der Waals surface area (Å²) in [5, 5.41) is 0. The summed E-state index contributed by atoms with van der Waals surface area (Å²) in [6.45, 7) is 6.90. The largest absolute Gasteiger partial charge is 0.397 e. The molecule has 1 saturated heterocycles. The molecular formula is C14H23N3. The molecule has 0 spiro atoms. The molecule has 0 radical (unpaired) electrons. The second-order valence-corrected chi connectivity index (χ2v) is 5.17. The van der Waals surface area contributed by atoms with Crippen LogP contribution in [0.5, 0.6) is 0 Å². The normalized spacial score (nSPS) is 19.3. The van der Waals surface area contributed by atoms with E-state index in [0.29, 0.717) is 5.41 Å². The van der Waals surface area contributed by atoms with Crippen LogP contribution in [0, 0.1) is 5.41 Å². The lowest BCUT2D eigenvalue weighted by molar-refractivity contribution is 0.199. The average molecular weight is 233 g/mol. The fourth-order valence-electron chi connectivity index (χ4n) is 2.81. The number of hydrogen-bond donors (Lipinski definition) is 1. The standard InChI is InChI=1S/C14H23N3/c1-3-14(4-2)5-7-17(8-6-14)13-9-12(15)10-16-11-13/h9-11H,3-8,15H2,1-2H3. The van der Waals surface area contributed by atoms with E-state index in [-0.39, 0.29) is 0 Å². The van der Waals surface area contributed by atoms with Gasteiger partial charge in [0.05, 0.1) is 17.6 Å². The minimum atomic E-state index is 0.574. The number of nitrogens with two attached hydrogens (primary N) is 1. The van der Waals surface area contributed by atoms with Crippen LogP contribution in [-0.4, -0.2) is 18.1 Å². The van der Waals surface area contributed by atoms with Gasteiger partial charge in [0, 0.05) is 19.3 Å². The number of nitrogens with zero attached hydrogens (tertiary/aromatic N) is 2. The quantitative estimate of drug-likeness (QED) is 0.872. The molecule has 1 aliphatic rings. The highest BCUT2D eigenvalue weighted by molar-refractivity contribution is 5.53. The maximum atomic E-state index is 5.78. The van der Waals surface area contributed by atoms with Crippen LogP contribution in [0.15, 0.2) is 18.5 Å². The lowest BCUT2D eigenvalue weighted by Gasteiger charge is -2.41. The highest BCUT2D eigenvalue weighted by atomic mass is 15.1. The van der Waals surface area contributed by atoms with Gasteiger partial charge in [-0.2, -0.15) is 0 Å². The highest BCUT2D eigenvalue weighted by Gasteiger charge is 2.31. The van der Waals surface area contributed by atoms with Gasteiger partial charge in [-0.25, -0.2) is 0 Å². The number of piperidine rings is 1. The summed E-state index contributed by atoms with van der Waals surface area (Å²) in [5.74, 6) is 0. The molecule has 1 aromatic heterocycles. The zero-order valence-electron chi connectivity index (χ0n) is 10.9. The Bertz CT molecular complexity index is 361. The van der Waals surface area contributed by atoms with Crippen LogP contribution < -0.4 is 10.6 Å². The second-order valence-electron chi connectivity index (χ2n) is 5.17. The van der Waals surface area contributed by atoms with Gasteiger partial charge in [-0.3, -0.25) is 4.98 Å². The number of rotatable bonds is 3. The van der Waals surface area contributed by atoms with Gasteiger partial charge in [0.1, 0.15) is 0 Å². The Morgan fingerprint density at radius 3 is 2.41 bits per heavy atom. The van der Waals surface area contributed by atoms with E-state index in [2.05, 4.69) is 23.7 Å². The zero-order chi connectivity index (χ0) is 12.3.